The van der Waals surface area contributed by atoms with Crippen LogP contribution < -0.4 is 19.7 Å². The fourth-order valence-corrected chi connectivity index (χ4v) is 5.68. The maximum Gasteiger partial charge on any atom is 0.253 e. The highest BCUT2D eigenvalue weighted by atomic mass is 16.6. The molecule has 2 fully saturated rings. The summed E-state index contributed by atoms with van der Waals surface area (Å²) in [7, 11) is 0. The molecule has 6 rings (SSSR count). The molecule has 1 aromatic heterocycles. The number of benzene rings is 2. The first-order valence-corrected chi connectivity index (χ1v) is 13.7. The Morgan fingerprint density at radius 2 is 1.68 bits per heavy atom. The van der Waals surface area contributed by atoms with E-state index < -0.39 is 0 Å². The zero-order valence-corrected chi connectivity index (χ0v) is 21.5. The molecule has 0 bridgehead atoms. The van der Waals surface area contributed by atoms with Gasteiger partial charge in [-0.05, 0) is 61.7 Å². The minimum Gasteiger partial charge on any atom is -0.486 e. The number of nitrogens with zero attached hydrogens (tertiary/aromatic N) is 3. The van der Waals surface area contributed by atoms with Gasteiger partial charge in [0.2, 0.25) is 0 Å². The average molecular weight is 504 g/mol. The van der Waals surface area contributed by atoms with E-state index in [2.05, 4.69) is 50.6 Å². The van der Waals surface area contributed by atoms with Crippen LogP contribution in [0, 0.1) is 0 Å². The van der Waals surface area contributed by atoms with E-state index in [1.807, 2.05) is 17.0 Å². The molecule has 3 aromatic rings. The molecule has 0 unspecified atom stereocenters. The van der Waals surface area contributed by atoms with E-state index >= 15 is 0 Å². The maximum absolute atomic E-state index is 13.0. The number of unbranched alkanes of at least 4 members (excludes halogenated alkanes) is 1. The number of rotatable bonds is 7. The predicted octanol–water partition coefficient (Wildman–Crippen LogP) is 3.13. The zero-order chi connectivity index (χ0) is 25.0. The fraction of sp³-hybridized carbons (Fsp3) is 0.483. The third-order valence-corrected chi connectivity index (χ3v) is 7.85. The molecule has 8 nitrogen and oxygen atoms in total. The minimum atomic E-state index is 0.144. The molecule has 3 aliphatic heterocycles. The molecule has 0 atom stereocenters. The normalized spacial score (nSPS) is 18.4. The lowest BCUT2D eigenvalue weighted by atomic mass is 10.0. The van der Waals surface area contributed by atoms with E-state index in [0.717, 1.165) is 94.3 Å². The third kappa shape index (κ3) is 5.40. The van der Waals surface area contributed by atoms with E-state index in [1.54, 1.807) is 0 Å². The van der Waals surface area contributed by atoms with E-state index in [0.29, 0.717) is 13.2 Å². The standard InChI is InChI=1S/C29H37N5O3/c35-29(34-11-8-30-9-12-34)22-4-6-26-25(19-22)23(21-31-26)3-1-2-10-32-13-15-33(16-14-32)24-5-7-27-28(20-24)37-18-17-36-27/h4-7,19-21,30-31H,1-3,8-18H2. The van der Waals surface area contributed by atoms with Gasteiger partial charge in [0.15, 0.2) is 11.5 Å². The summed E-state index contributed by atoms with van der Waals surface area (Å²) in [6.45, 7) is 9.92. The van der Waals surface area contributed by atoms with Crippen LogP contribution in [0.25, 0.3) is 10.9 Å². The summed E-state index contributed by atoms with van der Waals surface area (Å²) in [4.78, 5) is 23.3. The van der Waals surface area contributed by atoms with Gasteiger partial charge in [0.25, 0.3) is 5.91 Å². The molecule has 0 spiro atoms. The summed E-state index contributed by atoms with van der Waals surface area (Å²) < 4.78 is 11.4. The molecule has 1 amide bonds. The number of aromatic nitrogens is 1. The molecule has 37 heavy (non-hydrogen) atoms. The molecule has 8 heteroatoms. The number of hydrogen-bond acceptors (Lipinski definition) is 6. The van der Waals surface area contributed by atoms with Gasteiger partial charge >= 0.3 is 0 Å². The Hall–Kier alpha value is -3.23. The first-order chi connectivity index (χ1) is 18.2. The van der Waals surface area contributed by atoms with Gasteiger partial charge in [-0.15, -0.1) is 0 Å². The Bertz CT molecular complexity index is 1230. The number of fused-ring (bicyclic) bond motifs is 2. The van der Waals surface area contributed by atoms with Crippen molar-refractivity contribution in [3.63, 3.8) is 0 Å². The molecular formula is C29H37N5O3. The van der Waals surface area contributed by atoms with Gasteiger partial charge < -0.3 is 29.6 Å². The van der Waals surface area contributed by atoms with Crippen molar-refractivity contribution in [2.75, 3.05) is 77.0 Å². The van der Waals surface area contributed by atoms with Crippen LogP contribution in [0.4, 0.5) is 5.69 Å². The summed E-state index contributed by atoms with van der Waals surface area (Å²) in [6.07, 6.45) is 5.47. The molecule has 0 aliphatic carbocycles. The molecule has 4 heterocycles. The largest absolute Gasteiger partial charge is 0.486 e. The highest BCUT2D eigenvalue weighted by molar-refractivity contribution is 5.98. The van der Waals surface area contributed by atoms with Gasteiger partial charge in [-0.3, -0.25) is 9.69 Å². The Labute approximate surface area is 218 Å². The van der Waals surface area contributed by atoms with Gasteiger partial charge in [-0.25, -0.2) is 0 Å². The van der Waals surface area contributed by atoms with Crippen molar-refractivity contribution in [3.8, 4) is 11.5 Å². The van der Waals surface area contributed by atoms with E-state index in [9.17, 15) is 4.79 Å². The Morgan fingerprint density at radius 1 is 0.865 bits per heavy atom. The number of piperazine rings is 2. The lowest BCUT2D eigenvalue weighted by Crippen LogP contribution is -2.46. The predicted molar refractivity (Wildman–Crippen MR) is 146 cm³/mol. The van der Waals surface area contributed by atoms with Crippen LogP contribution in [0.15, 0.2) is 42.6 Å². The Kier molecular flexibility index (Phi) is 7.19. The van der Waals surface area contributed by atoms with Crippen molar-refractivity contribution in [2.24, 2.45) is 0 Å². The monoisotopic (exact) mass is 503 g/mol. The number of amides is 1. The highest BCUT2D eigenvalue weighted by Crippen LogP contribution is 2.34. The van der Waals surface area contributed by atoms with Gasteiger partial charge in [0.05, 0.1) is 0 Å². The van der Waals surface area contributed by atoms with Crippen LogP contribution >= 0.6 is 0 Å². The Morgan fingerprint density at radius 3 is 2.51 bits per heavy atom. The second kappa shape index (κ2) is 11.0. The van der Waals surface area contributed by atoms with Crippen molar-refractivity contribution in [1.82, 2.24) is 20.1 Å². The van der Waals surface area contributed by atoms with Crippen LogP contribution in [0.3, 0.4) is 0 Å². The first kappa shape index (κ1) is 24.1. The lowest BCUT2D eigenvalue weighted by Gasteiger charge is -2.36. The first-order valence-electron chi connectivity index (χ1n) is 13.7. The molecule has 2 N–H and O–H groups in total. The number of ether oxygens (including phenoxy) is 2. The molecule has 196 valence electrons. The number of anilines is 1. The second-order valence-electron chi connectivity index (χ2n) is 10.2. The summed E-state index contributed by atoms with van der Waals surface area (Å²) >= 11 is 0. The van der Waals surface area contributed by atoms with E-state index in [-0.39, 0.29) is 5.91 Å². The number of nitrogens with one attached hydrogen (secondary N) is 2. The van der Waals surface area contributed by atoms with Crippen LogP contribution in [-0.4, -0.2) is 92.8 Å². The number of carbonyl (C=O) groups is 1. The second-order valence-corrected chi connectivity index (χ2v) is 10.2. The minimum absolute atomic E-state index is 0.144. The van der Waals surface area contributed by atoms with Gasteiger partial charge in [-0.1, -0.05) is 0 Å². The number of hydrogen-bond donors (Lipinski definition) is 2. The summed E-state index contributed by atoms with van der Waals surface area (Å²) in [6, 6.07) is 12.4. The highest BCUT2D eigenvalue weighted by Gasteiger charge is 2.21. The van der Waals surface area contributed by atoms with Crippen molar-refractivity contribution < 1.29 is 14.3 Å². The number of aryl methyl sites for hydroxylation is 1. The van der Waals surface area contributed by atoms with Crippen LogP contribution in [0.5, 0.6) is 11.5 Å². The molecule has 3 aliphatic rings. The number of carbonyl (C=O) groups excluding carboxylic acids is 1. The average Bonchev–Trinajstić information content (AvgIpc) is 3.37. The molecular weight excluding hydrogens is 466 g/mol. The van der Waals surface area contributed by atoms with Gasteiger partial charge in [0, 0.05) is 86.8 Å². The van der Waals surface area contributed by atoms with Crippen LogP contribution in [-0.2, 0) is 6.42 Å². The lowest BCUT2D eigenvalue weighted by molar-refractivity contribution is 0.0736. The smallest absolute Gasteiger partial charge is 0.253 e. The molecule has 0 saturated carbocycles. The van der Waals surface area contributed by atoms with E-state index in [1.165, 1.54) is 23.1 Å². The molecule has 0 radical (unpaired) electrons. The van der Waals surface area contributed by atoms with Crippen LogP contribution in [0.2, 0.25) is 0 Å². The molecule has 2 saturated heterocycles. The summed E-state index contributed by atoms with van der Waals surface area (Å²) in [5, 5.41) is 4.50. The molecule has 2 aromatic carbocycles. The van der Waals surface area contributed by atoms with Gasteiger partial charge in [0.1, 0.15) is 13.2 Å². The fourth-order valence-electron chi connectivity index (χ4n) is 5.68. The van der Waals surface area contributed by atoms with Crippen molar-refractivity contribution in [1.29, 1.82) is 0 Å². The maximum atomic E-state index is 13.0. The Balaban J connectivity index is 0.979. The van der Waals surface area contributed by atoms with Crippen molar-refractivity contribution in [2.45, 2.75) is 19.3 Å². The van der Waals surface area contributed by atoms with Crippen LogP contribution in [0.1, 0.15) is 28.8 Å². The van der Waals surface area contributed by atoms with E-state index in [4.69, 9.17) is 9.47 Å². The zero-order valence-electron chi connectivity index (χ0n) is 21.5. The quantitative estimate of drug-likeness (QED) is 0.483. The number of aromatic amines is 1. The summed E-state index contributed by atoms with van der Waals surface area (Å²) in [5.41, 5.74) is 4.44. The number of H-pyrrole nitrogens is 1. The van der Waals surface area contributed by atoms with Crippen molar-refractivity contribution in [3.05, 3.63) is 53.7 Å². The summed E-state index contributed by atoms with van der Waals surface area (Å²) in [5.74, 6) is 1.86. The topological polar surface area (TPSA) is 73.1 Å². The van der Waals surface area contributed by atoms with Gasteiger partial charge in [-0.2, -0.15) is 0 Å². The SMILES string of the molecule is O=C(c1ccc2[nH]cc(CCCCN3CCN(c4ccc5c(c4)OCCO5)CC3)c2c1)N1CCNCC1. The third-order valence-electron chi connectivity index (χ3n) is 7.85. The van der Waals surface area contributed by atoms with Crippen molar-refractivity contribution >= 4 is 22.5 Å².